The summed E-state index contributed by atoms with van der Waals surface area (Å²) in [6, 6.07) is 4.05. The first-order chi connectivity index (χ1) is 9.49. The van der Waals surface area contributed by atoms with Crippen molar-refractivity contribution in [1.82, 2.24) is 9.13 Å². The molecule has 0 aliphatic heterocycles. The Hall–Kier alpha value is -0.740. The largest absolute Gasteiger partial charge is 0.328 e. The fourth-order valence-corrected chi connectivity index (χ4v) is 4.10. The van der Waals surface area contributed by atoms with Gasteiger partial charge in [-0.2, -0.15) is 0 Å². The molecule has 0 bridgehead atoms. The molecule has 0 amide bonds. The van der Waals surface area contributed by atoms with Gasteiger partial charge in [-0.1, -0.05) is 35.2 Å². The van der Waals surface area contributed by atoms with Crippen LogP contribution < -0.4 is 5.69 Å². The molecule has 1 fully saturated rings. The highest BCUT2D eigenvalue weighted by Gasteiger charge is 2.24. The molecule has 3 rings (SSSR count). The van der Waals surface area contributed by atoms with E-state index < -0.39 is 0 Å². The SMILES string of the molecule is Cn1c(=O)n(C)c2cc(C(Cl)CC3CCC3)c(Br)cc21. The minimum atomic E-state index is -0.00540. The Bertz CT molecular complexity index is 715. The molecular weight excluding hydrogens is 340 g/mol. The lowest BCUT2D eigenvalue weighted by Crippen LogP contribution is -2.19. The molecule has 1 aromatic carbocycles. The second kappa shape index (κ2) is 5.23. The number of alkyl halides is 1. The lowest BCUT2D eigenvalue weighted by Gasteiger charge is -2.27. The van der Waals surface area contributed by atoms with Gasteiger partial charge in [0, 0.05) is 18.6 Å². The number of hydrogen-bond acceptors (Lipinski definition) is 1. The molecule has 3 nitrogen and oxygen atoms in total. The predicted molar refractivity (Wildman–Crippen MR) is 86.4 cm³/mol. The van der Waals surface area contributed by atoms with Gasteiger partial charge in [-0.3, -0.25) is 9.13 Å². The summed E-state index contributed by atoms with van der Waals surface area (Å²) >= 11 is 10.2. The quantitative estimate of drug-likeness (QED) is 0.759. The van der Waals surface area contributed by atoms with E-state index in [4.69, 9.17) is 11.6 Å². The van der Waals surface area contributed by atoms with Crippen LogP contribution in [0.25, 0.3) is 11.0 Å². The zero-order valence-electron chi connectivity index (χ0n) is 11.7. The average molecular weight is 358 g/mol. The van der Waals surface area contributed by atoms with E-state index in [1.54, 1.807) is 23.2 Å². The van der Waals surface area contributed by atoms with Crippen molar-refractivity contribution in [2.75, 3.05) is 0 Å². The first-order valence-electron chi connectivity index (χ1n) is 6.98. The van der Waals surface area contributed by atoms with Crippen molar-refractivity contribution < 1.29 is 0 Å². The topological polar surface area (TPSA) is 26.9 Å². The number of nitrogens with zero attached hydrogens (tertiary/aromatic N) is 2. The summed E-state index contributed by atoms with van der Waals surface area (Å²) in [6.07, 6.45) is 4.95. The van der Waals surface area contributed by atoms with E-state index in [-0.39, 0.29) is 11.1 Å². The van der Waals surface area contributed by atoms with Crippen LogP contribution in [0.1, 0.15) is 36.6 Å². The van der Waals surface area contributed by atoms with Crippen molar-refractivity contribution in [3.05, 3.63) is 32.7 Å². The summed E-state index contributed by atoms with van der Waals surface area (Å²) in [7, 11) is 3.60. The zero-order chi connectivity index (χ0) is 14.4. The Balaban J connectivity index is 2.04. The Morgan fingerprint density at radius 3 is 2.45 bits per heavy atom. The van der Waals surface area contributed by atoms with E-state index in [9.17, 15) is 4.79 Å². The van der Waals surface area contributed by atoms with E-state index in [2.05, 4.69) is 22.0 Å². The van der Waals surface area contributed by atoms with E-state index in [0.717, 1.165) is 33.4 Å². The number of imidazole rings is 1. The molecule has 1 atom stereocenters. The van der Waals surface area contributed by atoms with Gasteiger partial charge in [-0.15, -0.1) is 11.6 Å². The molecule has 0 spiro atoms. The summed E-state index contributed by atoms with van der Waals surface area (Å²) in [5, 5.41) is 0.00869. The van der Waals surface area contributed by atoms with Gasteiger partial charge in [0.15, 0.2) is 0 Å². The smallest absolute Gasteiger partial charge is 0.295 e. The van der Waals surface area contributed by atoms with Crippen LogP contribution in [0.4, 0.5) is 0 Å². The van der Waals surface area contributed by atoms with Gasteiger partial charge in [0.25, 0.3) is 0 Å². The minimum absolute atomic E-state index is 0.00540. The molecule has 0 saturated heterocycles. The normalized spacial score (nSPS) is 17.4. The number of aromatic nitrogens is 2. The van der Waals surface area contributed by atoms with Gasteiger partial charge >= 0.3 is 5.69 Å². The van der Waals surface area contributed by atoms with E-state index in [0.29, 0.717) is 0 Å². The van der Waals surface area contributed by atoms with Crippen LogP contribution >= 0.6 is 27.5 Å². The third kappa shape index (κ3) is 2.23. The maximum Gasteiger partial charge on any atom is 0.328 e. The number of fused-ring (bicyclic) bond motifs is 1. The third-order valence-electron chi connectivity index (χ3n) is 4.49. The minimum Gasteiger partial charge on any atom is -0.295 e. The summed E-state index contributed by atoms with van der Waals surface area (Å²) in [6.45, 7) is 0. The molecule has 1 heterocycles. The highest BCUT2D eigenvalue weighted by molar-refractivity contribution is 9.10. The first kappa shape index (κ1) is 14.2. The van der Waals surface area contributed by atoms with Crippen molar-refractivity contribution >= 4 is 38.6 Å². The molecule has 0 radical (unpaired) electrons. The summed E-state index contributed by atoms with van der Waals surface area (Å²) in [4.78, 5) is 12.0. The second-order valence-electron chi connectivity index (χ2n) is 5.76. The Morgan fingerprint density at radius 2 is 1.90 bits per heavy atom. The van der Waals surface area contributed by atoms with Crippen LogP contribution in [0.5, 0.6) is 0 Å². The number of hydrogen-bond donors (Lipinski definition) is 0. The Morgan fingerprint density at radius 1 is 1.30 bits per heavy atom. The van der Waals surface area contributed by atoms with Crippen LogP contribution in [0.2, 0.25) is 0 Å². The second-order valence-corrected chi connectivity index (χ2v) is 7.14. The molecule has 1 saturated carbocycles. The third-order valence-corrected chi connectivity index (χ3v) is 5.59. The highest BCUT2D eigenvalue weighted by Crippen LogP contribution is 2.40. The number of aryl methyl sites for hydroxylation is 2. The van der Waals surface area contributed by atoms with E-state index >= 15 is 0 Å². The van der Waals surface area contributed by atoms with E-state index in [1.165, 1.54) is 19.3 Å². The van der Waals surface area contributed by atoms with Crippen LogP contribution in [0, 0.1) is 5.92 Å². The van der Waals surface area contributed by atoms with Crippen LogP contribution in [-0.2, 0) is 14.1 Å². The molecule has 20 heavy (non-hydrogen) atoms. The molecule has 1 aliphatic carbocycles. The van der Waals surface area contributed by atoms with Crippen LogP contribution in [-0.4, -0.2) is 9.13 Å². The van der Waals surface area contributed by atoms with Crippen LogP contribution in [0.3, 0.4) is 0 Å². The summed E-state index contributed by atoms with van der Waals surface area (Å²) in [5.74, 6) is 0.764. The Kier molecular flexibility index (Phi) is 3.71. The van der Waals surface area contributed by atoms with Gasteiger partial charge in [0.1, 0.15) is 0 Å². The van der Waals surface area contributed by atoms with Crippen molar-refractivity contribution in [3.63, 3.8) is 0 Å². The lowest BCUT2D eigenvalue weighted by atomic mass is 9.81. The standard InChI is InChI=1S/C15H18BrClN2O/c1-18-13-7-10(12(17)6-9-4-3-5-9)11(16)8-14(13)19(2)15(18)20/h7-9,12H,3-6H2,1-2H3. The fraction of sp³-hybridized carbons (Fsp3) is 0.533. The molecule has 1 aliphatic rings. The lowest BCUT2D eigenvalue weighted by molar-refractivity contribution is 0.293. The molecule has 1 aromatic heterocycles. The molecule has 0 N–H and O–H groups in total. The van der Waals surface area contributed by atoms with Crippen molar-refractivity contribution in [2.24, 2.45) is 20.0 Å². The van der Waals surface area contributed by atoms with Gasteiger partial charge in [-0.05, 0) is 30.0 Å². The van der Waals surface area contributed by atoms with Crippen molar-refractivity contribution in [3.8, 4) is 0 Å². The molecule has 2 aromatic rings. The summed E-state index contributed by atoms with van der Waals surface area (Å²) in [5.41, 5.74) is 2.96. The average Bonchev–Trinajstić information content (AvgIpc) is 2.58. The van der Waals surface area contributed by atoms with Crippen LogP contribution in [0.15, 0.2) is 21.4 Å². The number of benzene rings is 1. The highest BCUT2D eigenvalue weighted by atomic mass is 79.9. The maximum atomic E-state index is 12.0. The first-order valence-corrected chi connectivity index (χ1v) is 8.21. The molecular formula is C15H18BrClN2O. The molecule has 1 unspecified atom stereocenters. The maximum absolute atomic E-state index is 12.0. The van der Waals surface area contributed by atoms with E-state index in [1.807, 2.05) is 6.07 Å². The number of halogens is 2. The van der Waals surface area contributed by atoms with Gasteiger partial charge in [0.2, 0.25) is 0 Å². The van der Waals surface area contributed by atoms with Crippen molar-refractivity contribution in [2.45, 2.75) is 31.1 Å². The Labute approximate surface area is 131 Å². The predicted octanol–water partition coefficient (Wildman–Crippen LogP) is 4.11. The summed E-state index contributed by atoms with van der Waals surface area (Å²) < 4.78 is 4.34. The van der Waals surface area contributed by atoms with Gasteiger partial charge < -0.3 is 0 Å². The molecule has 108 valence electrons. The monoisotopic (exact) mass is 356 g/mol. The fourth-order valence-electron chi connectivity index (χ4n) is 2.92. The van der Waals surface area contributed by atoms with Gasteiger partial charge in [-0.25, -0.2) is 4.79 Å². The van der Waals surface area contributed by atoms with Crippen molar-refractivity contribution in [1.29, 1.82) is 0 Å². The zero-order valence-corrected chi connectivity index (χ0v) is 14.0. The van der Waals surface area contributed by atoms with Gasteiger partial charge in [0.05, 0.1) is 16.4 Å². The molecule has 5 heteroatoms. The number of rotatable bonds is 3.